The summed E-state index contributed by atoms with van der Waals surface area (Å²) in [4.78, 5) is 44.5. The van der Waals surface area contributed by atoms with Crippen LogP contribution in [0.2, 0.25) is 0 Å². The summed E-state index contributed by atoms with van der Waals surface area (Å²) in [5, 5.41) is 11.7. The molecule has 37 heavy (non-hydrogen) atoms. The van der Waals surface area contributed by atoms with Gasteiger partial charge in [0.25, 0.3) is 17.6 Å². The maximum Gasteiger partial charge on any atom is 0.296 e. The highest BCUT2D eigenvalue weighted by Crippen LogP contribution is 2.53. The molecule has 3 aliphatic rings. The molecule has 0 saturated carbocycles. The number of methoxy groups -OCH3 is 1. The number of fused-ring (bicyclic) bond motifs is 3. The number of benzene rings is 2. The number of aliphatic hydroxyl groups excluding tert-OH is 1. The Labute approximate surface area is 216 Å². The minimum Gasteiger partial charge on any atom is -0.507 e. The van der Waals surface area contributed by atoms with E-state index in [0.29, 0.717) is 42.8 Å². The van der Waals surface area contributed by atoms with Crippen LogP contribution in [0.1, 0.15) is 49.8 Å². The molecule has 3 heterocycles. The standard InChI is InChI=1S/C29H32N2O6/c1-4-5-13-30-22-10-7-6-9-21(22)29(28(30)35)24(26(33)27(34)31(29)14-8-15-36-3)25(32)19-11-12-23-20(17-19)16-18(2)37-23/h6-7,9-12,17-18,32H,4-5,8,13-16H2,1-3H3/b25-24+. The maximum absolute atomic E-state index is 14.4. The Hall–Kier alpha value is -3.65. The van der Waals surface area contributed by atoms with Gasteiger partial charge in [-0.25, -0.2) is 0 Å². The number of carbonyl (C=O) groups is 3. The first-order valence-electron chi connectivity index (χ1n) is 12.9. The van der Waals surface area contributed by atoms with E-state index in [1.165, 1.54) is 4.90 Å². The predicted octanol–water partition coefficient (Wildman–Crippen LogP) is 3.77. The third kappa shape index (κ3) is 3.73. The maximum atomic E-state index is 14.4. The Bertz CT molecular complexity index is 1300. The monoisotopic (exact) mass is 504 g/mol. The number of nitrogens with zero attached hydrogens (tertiary/aromatic N) is 2. The molecule has 2 amide bonds. The van der Waals surface area contributed by atoms with Gasteiger partial charge in [0.2, 0.25) is 0 Å². The van der Waals surface area contributed by atoms with Crippen LogP contribution in [0, 0.1) is 0 Å². The average Bonchev–Trinajstić information content (AvgIpc) is 3.46. The Morgan fingerprint density at radius 1 is 1.14 bits per heavy atom. The summed E-state index contributed by atoms with van der Waals surface area (Å²) in [5.74, 6) is -1.67. The van der Waals surface area contributed by atoms with Crippen molar-refractivity contribution < 1.29 is 29.0 Å². The number of hydrogen-bond donors (Lipinski definition) is 1. The molecule has 2 atom stereocenters. The van der Waals surface area contributed by atoms with Crippen LogP contribution >= 0.6 is 0 Å². The molecule has 1 fully saturated rings. The van der Waals surface area contributed by atoms with E-state index >= 15 is 0 Å². The Morgan fingerprint density at radius 2 is 1.92 bits per heavy atom. The molecule has 0 bridgehead atoms. The fraction of sp³-hybridized carbons (Fsp3) is 0.414. The van der Waals surface area contributed by atoms with E-state index < -0.39 is 23.1 Å². The van der Waals surface area contributed by atoms with E-state index in [1.807, 2.05) is 26.0 Å². The van der Waals surface area contributed by atoms with Gasteiger partial charge in [-0.05, 0) is 49.6 Å². The summed E-state index contributed by atoms with van der Waals surface area (Å²) in [7, 11) is 1.56. The normalized spacial score (nSPS) is 23.6. The van der Waals surface area contributed by atoms with E-state index in [1.54, 1.807) is 42.3 Å². The minimum absolute atomic E-state index is 0.00719. The van der Waals surface area contributed by atoms with Gasteiger partial charge in [-0.15, -0.1) is 0 Å². The van der Waals surface area contributed by atoms with Gasteiger partial charge in [0.15, 0.2) is 5.54 Å². The second-order valence-corrected chi connectivity index (χ2v) is 9.85. The van der Waals surface area contributed by atoms with Crippen LogP contribution in [0.4, 0.5) is 5.69 Å². The number of para-hydroxylation sites is 1. The molecule has 1 N–H and O–H groups in total. The van der Waals surface area contributed by atoms with Crippen LogP contribution in [0.3, 0.4) is 0 Å². The van der Waals surface area contributed by atoms with E-state index in [0.717, 1.165) is 24.2 Å². The summed E-state index contributed by atoms with van der Waals surface area (Å²) in [6, 6.07) is 12.4. The third-order valence-electron chi connectivity index (χ3n) is 7.44. The van der Waals surface area contributed by atoms with Crippen molar-refractivity contribution >= 4 is 29.0 Å². The number of ketones is 1. The van der Waals surface area contributed by atoms with E-state index in [-0.39, 0.29) is 24.0 Å². The highest BCUT2D eigenvalue weighted by molar-refractivity contribution is 6.50. The number of ether oxygens (including phenoxy) is 2. The molecule has 0 aromatic heterocycles. The molecule has 0 radical (unpaired) electrons. The Morgan fingerprint density at radius 3 is 2.68 bits per heavy atom. The van der Waals surface area contributed by atoms with Crippen LogP contribution in [0.15, 0.2) is 48.0 Å². The lowest BCUT2D eigenvalue weighted by Crippen LogP contribution is -2.52. The molecule has 194 valence electrons. The molecule has 2 aromatic rings. The largest absolute Gasteiger partial charge is 0.507 e. The van der Waals surface area contributed by atoms with Gasteiger partial charge in [-0.2, -0.15) is 0 Å². The molecule has 8 nitrogen and oxygen atoms in total. The molecule has 5 rings (SSSR count). The zero-order chi connectivity index (χ0) is 26.3. The lowest BCUT2D eigenvalue weighted by molar-refractivity contribution is -0.143. The second-order valence-electron chi connectivity index (χ2n) is 9.85. The van der Waals surface area contributed by atoms with Gasteiger partial charge in [0.05, 0.1) is 11.3 Å². The van der Waals surface area contributed by atoms with Gasteiger partial charge in [-0.1, -0.05) is 31.5 Å². The SMILES string of the molecule is CCCCN1C(=O)C2(/C(=C(/O)c3ccc4c(c3)CC(C)O4)C(=O)C(=O)N2CCCOC)c2ccccc21. The minimum atomic E-state index is -1.74. The molecule has 8 heteroatoms. The number of anilines is 1. The number of Topliss-reactive ketones (excluding diaryl/α,β-unsaturated/α-hetero) is 1. The number of rotatable bonds is 8. The van der Waals surface area contributed by atoms with E-state index in [4.69, 9.17) is 9.47 Å². The van der Waals surface area contributed by atoms with Crippen molar-refractivity contribution in [2.45, 2.75) is 51.2 Å². The number of hydrogen-bond acceptors (Lipinski definition) is 6. The number of aliphatic hydroxyl groups is 1. The number of amides is 2. The smallest absolute Gasteiger partial charge is 0.296 e. The highest BCUT2D eigenvalue weighted by Gasteiger charge is 2.66. The van der Waals surface area contributed by atoms with Gasteiger partial charge < -0.3 is 24.4 Å². The van der Waals surface area contributed by atoms with Crippen molar-refractivity contribution in [2.24, 2.45) is 0 Å². The average molecular weight is 505 g/mol. The first-order valence-corrected chi connectivity index (χ1v) is 12.9. The van der Waals surface area contributed by atoms with Crippen molar-refractivity contribution in [1.82, 2.24) is 4.90 Å². The lowest BCUT2D eigenvalue weighted by atomic mass is 9.81. The summed E-state index contributed by atoms with van der Waals surface area (Å²) in [5.41, 5.74) is 0.553. The van der Waals surface area contributed by atoms with Crippen LogP contribution in [0.5, 0.6) is 5.75 Å². The number of likely N-dealkylation sites (tertiary alicyclic amines) is 1. The lowest BCUT2D eigenvalue weighted by Gasteiger charge is -2.34. The molecule has 2 aromatic carbocycles. The molecular formula is C29H32N2O6. The van der Waals surface area contributed by atoms with Gasteiger partial charge in [0, 0.05) is 44.4 Å². The van der Waals surface area contributed by atoms with Crippen molar-refractivity contribution in [3.8, 4) is 5.75 Å². The van der Waals surface area contributed by atoms with Crippen molar-refractivity contribution in [1.29, 1.82) is 0 Å². The van der Waals surface area contributed by atoms with E-state index in [2.05, 4.69) is 0 Å². The second kappa shape index (κ2) is 9.67. The Kier molecular flexibility index (Phi) is 6.54. The van der Waals surface area contributed by atoms with Crippen LogP contribution in [-0.4, -0.2) is 60.5 Å². The highest BCUT2D eigenvalue weighted by atomic mass is 16.5. The third-order valence-corrected chi connectivity index (χ3v) is 7.44. The van der Waals surface area contributed by atoms with E-state index in [9.17, 15) is 19.5 Å². The molecular weight excluding hydrogens is 472 g/mol. The summed E-state index contributed by atoms with van der Waals surface area (Å²) in [6.07, 6.45) is 2.74. The fourth-order valence-electron chi connectivity index (χ4n) is 5.79. The van der Waals surface area contributed by atoms with Crippen molar-refractivity contribution in [3.05, 3.63) is 64.7 Å². The van der Waals surface area contributed by atoms with Crippen molar-refractivity contribution in [2.75, 3.05) is 31.7 Å². The molecule has 1 saturated heterocycles. The molecule has 2 unspecified atom stereocenters. The number of carbonyl (C=O) groups excluding carboxylic acids is 3. The summed E-state index contributed by atoms with van der Waals surface area (Å²) >= 11 is 0. The van der Waals surface area contributed by atoms with Gasteiger partial charge in [0.1, 0.15) is 17.6 Å². The van der Waals surface area contributed by atoms with Crippen LogP contribution in [-0.2, 0) is 31.1 Å². The van der Waals surface area contributed by atoms with Gasteiger partial charge >= 0.3 is 0 Å². The first kappa shape index (κ1) is 25.0. The van der Waals surface area contributed by atoms with Crippen LogP contribution in [0.25, 0.3) is 5.76 Å². The Balaban J connectivity index is 1.74. The molecule has 3 aliphatic heterocycles. The summed E-state index contributed by atoms with van der Waals surface area (Å²) < 4.78 is 11.0. The predicted molar refractivity (Wildman–Crippen MR) is 138 cm³/mol. The summed E-state index contributed by atoms with van der Waals surface area (Å²) in [6.45, 7) is 4.94. The number of unbranched alkanes of at least 4 members (excludes halogenated alkanes) is 1. The van der Waals surface area contributed by atoms with Crippen LogP contribution < -0.4 is 9.64 Å². The molecule has 0 aliphatic carbocycles. The van der Waals surface area contributed by atoms with Crippen molar-refractivity contribution in [3.63, 3.8) is 0 Å². The zero-order valence-electron chi connectivity index (χ0n) is 21.5. The first-order chi connectivity index (χ1) is 17.9. The van der Waals surface area contributed by atoms with Gasteiger partial charge in [-0.3, -0.25) is 14.4 Å². The zero-order valence-corrected chi connectivity index (χ0v) is 21.5. The quantitative estimate of drug-likeness (QED) is 0.255. The topological polar surface area (TPSA) is 96.4 Å². The molecule has 1 spiro atoms. The fourth-order valence-corrected chi connectivity index (χ4v) is 5.79.